The van der Waals surface area contributed by atoms with Gasteiger partial charge in [-0.1, -0.05) is 11.2 Å². The average Bonchev–Trinajstić information content (AvgIpc) is 3.39. The molecule has 1 amide bonds. The summed E-state index contributed by atoms with van der Waals surface area (Å²) in [6, 6.07) is 11.5. The number of aromatic nitrogens is 1. The first-order valence-electron chi connectivity index (χ1n) is 11.0. The Balaban J connectivity index is 1.39. The van der Waals surface area contributed by atoms with Crippen LogP contribution in [0, 0.1) is 18.6 Å². The zero-order valence-electron chi connectivity index (χ0n) is 18.6. The Labute approximate surface area is 190 Å². The fraction of sp³-hybridized carbons (Fsp3) is 0.360. The Kier molecular flexibility index (Phi) is 5.40. The molecule has 6 nitrogen and oxygen atoms in total. The van der Waals surface area contributed by atoms with Gasteiger partial charge < -0.3 is 14.2 Å². The van der Waals surface area contributed by atoms with E-state index in [2.05, 4.69) is 10.1 Å². The number of hydrogen-bond donors (Lipinski definition) is 0. The van der Waals surface area contributed by atoms with E-state index in [1.807, 2.05) is 18.2 Å². The molecule has 2 aliphatic rings. The molecule has 0 unspecified atom stereocenters. The number of ether oxygens (including phenoxy) is 1. The second-order valence-corrected chi connectivity index (χ2v) is 8.90. The number of carbonyl (C=O) groups excluding carboxylic acids is 1. The van der Waals surface area contributed by atoms with Gasteiger partial charge in [0, 0.05) is 30.3 Å². The van der Waals surface area contributed by atoms with E-state index in [4.69, 9.17) is 9.26 Å². The van der Waals surface area contributed by atoms with Gasteiger partial charge in [0.2, 0.25) is 0 Å². The lowest BCUT2D eigenvalue weighted by molar-refractivity contribution is 0.0967. The molecule has 0 atom stereocenters. The summed E-state index contributed by atoms with van der Waals surface area (Å²) in [5, 5.41) is 3.92. The Hall–Kier alpha value is -3.26. The van der Waals surface area contributed by atoms with Crippen LogP contribution in [0.25, 0.3) is 0 Å². The van der Waals surface area contributed by atoms with Gasteiger partial charge in [0.25, 0.3) is 5.91 Å². The fourth-order valence-electron chi connectivity index (χ4n) is 5.02. The summed E-state index contributed by atoms with van der Waals surface area (Å²) >= 11 is 0. The number of amides is 1. The number of carbonyl (C=O) groups is 1. The molecule has 3 aromatic rings. The van der Waals surface area contributed by atoms with Crippen molar-refractivity contribution in [2.45, 2.75) is 31.7 Å². The molecule has 0 radical (unpaired) electrons. The topological polar surface area (TPSA) is 58.8 Å². The number of benzene rings is 2. The largest absolute Gasteiger partial charge is 0.497 e. The highest BCUT2D eigenvalue weighted by molar-refractivity contribution is 6.06. The third-order valence-electron chi connectivity index (χ3n) is 6.82. The van der Waals surface area contributed by atoms with Crippen molar-refractivity contribution in [3.63, 3.8) is 0 Å². The summed E-state index contributed by atoms with van der Waals surface area (Å²) in [7, 11) is 1.63. The minimum Gasteiger partial charge on any atom is -0.497 e. The molecule has 0 bridgehead atoms. The molecule has 1 aromatic heterocycles. The first-order valence-corrected chi connectivity index (χ1v) is 11.0. The van der Waals surface area contributed by atoms with Crippen molar-refractivity contribution in [2.75, 3.05) is 31.6 Å². The van der Waals surface area contributed by atoms with Gasteiger partial charge in [-0.3, -0.25) is 9.69 Å². The zero-order chi connectivity index (χ0) is 23.2. The van der Waals surface area contributed by atoms with Gasteiger partial charge in [0.05, 0.1) is 7.11 Å². The predicted octanol–water partition coefficient (Wildman–Crippen LogP) is 4.46. The third-order valence-corrected chi connectivity index (χ3v) is 6.82. The average molecular weight is 453 g/mol. The van der Waals surface area contributed by atoms with Gasteiger partial charge in [-0.15, -0.1) is 0 Å². The number of nitrogens with zero attached hydrogens (tertiary/aromatic N) is 3. The Morgan fingerprint density at radius 3 is 2.58 bits per heavy atom. The Morgan fingerprint density at radius 1 is 1.12 bits per heavy atom. The first kappa shape index (κ1) is 21.6. The van der Waals surface area contributed by atoms with Crippen molar-refractivity contribution in [1.29, 1.82) is 0 Å². The lowest BCUT2D eigenvalue weighted by atomic mass is 9.74. The lowest BCUT2D eigenvalue weighted by Gasteiger charge is -2.40. The maximum absolute atomic E-state index is 13.6. The summed E-state index contributed by atoms with van der Waals surface area (Å²) < 4.78 is 37.5. The van der Waals surface area contributed by atoms with Crippen LogP contribution in [-0.2, 0) is 12.0 Å². The van der Waals surface area contributed by atoms with Crippen LogP contribution in [0.3, 0.4) is 0 Å². The van der Waals surface area contributed by atoms with Gasteiger partial charge in [0.1, 0.15) is 11.5 Å². The number of halogens is 2. The molecule has 8 heteroatoms. The lowest BCUT2D eigenvalue weighted by Crippen LogP contribution is -2.45. The van der Waals surface area contributed by atoms with Gasteiger partial charge in [-0.05, 0) is 74.3 Å². The standard InChI is InChI=1S/C25H25F2N3O3/c1-16-11-22(28-33-16)24(31)30-15-25(19-13-18(32-2)4-6-23(19)30)7-9-29(10-8-25)14-17-3-5-20(26)21(27)12-17/h3-6,11-13H,7-10,14-15H2,1-2H3. The van der Waals surface area contributed by atoms with E-state index in [1.165, 1.54) is 12.1 Å². The maximum atomic E-state index is 13.6. The van der Waals surface area contributed by atoms with E-state index in [0.717, 1.165) is 48.5 Å². The van der Waals surface area contributed by atoms with Crippen LogP contribution in [0.4, 0.5) is 14.5 Å². The highest BCUT2D eigenvalue weighted by Gasteiger charge is 2.47. The van der Waals surface area contributed by atoms with E-state index in [-0.39, 0.29) is 11.3 Å². The van der Waals surface area contributed by atoms with E-state index < -0.39 is 11.6 Å². The highest BCUT2D eigenvalue weighted by atomic mass is 19.2. The second kappa shape index (κ2) is 8.26. The molecule has 0 N–H and O–H groups in total. The number of anilines is 1. The molecule has 1 saturated heterocycles. The van der Waals surface area contributed by atoms with Crippen molar-refractivity contribution in [3.05, 3.63) is 76.7 Å². The van der Waals surface area contributed by atoms with E-state index >= 15 is 0 Å². The molecular weight excluding hydrogens is 428 g/mol. The molecule has 0 aliphatic carbocycles. The third kappa shape index (κ3) is 3.88. The fourth-order valence-corrected chi connectivity index (χ4v) is 5.02. The molecule has 172 valence electrons. The van der Waals surface area contributed by atoms with Crippen LogP contribution >= 0.6 is 0 Å². The molecule has 2 aliphatic heterocycles. The van der Waals surface area contributed by atoms with E-state index in [9.17, 15) is 13.6 Å². The number of rotatable bonds is 4. The maximum Gasteiger partial charge on any atom is 0.280 e. The van der Waals surface area contributed by atoms with Gasteiger partial charge in [-0.25, -0.2) is 8.78 Å². The number of aryl methyl sites for hydroxylation is 1. The molecule has 33 heavy (non-hydrogen) atoms. The monoisotopic (exact) mass is 453 g/mol. The number of hydrogen-bond acceptors (Lipinski definition) is 5. The number of piperidine rings is 1. The normalized spacial score (nSPS) is 17.4. The Morgan fingerprint density at radius 2 is 1.91 bits per heavy atom. The predicted molar refractivity (Wildman–Crippen MR) is 118 cm³/mol. The summed E-state index contributed by atoms with van der Waals surface area (Å²) in [4.78, 5) is 17.3. The van der Waals surface area contributed by atoms with Gasteiger partial charge >= 0.3 is 0 Å². The van der Waals surface area contributed by atoms with Gasteiger partial charge in [0.15, 0.2) is 17.3 Å². The zero-order valence-corrected chi connectivity index (χ0v) is 18.6. The van der Waals surface area contributed by atoms with Crippen molar-refractivity contribution >= 4 is 11.6 Å². The summed E-state index contributed by atoms with van der Waals surface area (Å²) in [5.41, 5.74) is 2.81. The summed E-state index contributed by atoms with van der Waals surface area (Å²) in [6.45, 7) is 4.43. The number of fused-ring (bicyclic) bond motifs is 2. The minimum atomic E-state index is -0.833. The minimum absolute atomic E-state index is 0.181. The number of methoxy groups -OCH3 is 1. The van der Waals surface area contributed by atoms with Crippen molar-refractivity contribution in [3.8, 4) is 5.75 Å². The quantitative estimate of drug-likeness (QED) is 0.584. The highest BCUT2D eigenvalue weighted by Crippen LogP contribution is 2.48. The van der Waals surface area contributed by atoms with E-state index in [0.29, 0.717) is 24.5 Å². The molecule has 1 spiro atoms. The Bertz CT molecular complexity index is 1200. The molecular formula is C25H25F2N3O3. The van der Waals surface area contributed by atoms with Crippen LogP contribution in [0.15, 0.2) is 47.0 Å². The molecule has 3 heterocycles. The van der Waals surface area contributed by atoms with Crippen LogP contribution in [0.1, 0.15) is 40.2 Å². The van der Waals surface area contributed by atoms with Crippen LogP contribution in [0.2, 0.25) is 0 Å². The van der Waals surface area contributed by atoms with E-state index in [1.54, 1.807) is 31.1 Å². The van der Waals surface area contributed by atoms with Crippen molar-refractivity contribution < 1.29 is 22.8 Å². The smallest absolute Gasteiger partial charge is 0.280 e. The van der Waals surface area contributed by atoms with Crippen molar-refractivity contribution in [1.82, 2.24) is 10.1 Å². The van der Waals surface area contributed by atoms with Crippen LogP contribution in [0.5, 0.6) is 5.75 Å². The first-order chi connectivity index (χ1) is 15.9. The van der Waals surface area contributed by atoms with Crippen LogP contribution in [-0.4, -0.2) is 42.7 Å². The molecule has 2 aromatic carbocycles. The molecule has 1 fully saturated rings. The SMILES string of the molecule is COc1ccc2c(c1)C1(CCN(Cc3ccc(F)c(F)c3)CC1)CN2C(=O)c1cc(C)on1. The van der Waals surface area contributed by atoms with Crippen molar-refractivity contribution in [2.24, 2.45) is 0 Å². The van der Waals surface area contributed by atoms with Crippen LogP contribution < -0.4 is 9.64 Å². The molecule has 5 rings (SSSR count). The summed E-state index contributed by atoms with van der Waals surface area (Å²) in [5.74, 6) is -0.494. The molecule has 0 saturated carbocycles. The summed E-state index contributed by atoms with van der Waals surface area (Å²) in [6.07, 6.45) is 1.66. The second-order valence-electron chi connectivity index (χ2n) is 8.90. The number of likely N-dealkylation sites (tertiary alicyclic amines) is 1. The van der Waals surface area contributed by atoms with Gasteiger partial charge in [-0.2, -0.15) is 0 Å².